The highest BCUT2D eigenvalue weighted by molar-refractivity contribution is 9.26. The molecule has 178 valence electrons. The maximum Gasteiger partial charge on any atom is 0.518 e. The van der Waals surface area contributed by atoms with Gasteiger partial charge in [0.25, 0.3) is 0 Å². The molecule has 0 aliphatic heterocycles. The summed E-state index contributed by atoms with van der Waals surface area (Å²) in [6, 6.07) is 0. The summed E-state index contributed by atoms with van der Waals surface area (Å²) in [5, 5.41) is 0. The van der Waals surface area contributed by atoms with Crippen LogP contribution in [0, 0.1) is 0 Å². The van der Waals surface area contributed by atoms with Crippen molar-refractivity contribution in [3.05, 3.63) is 0 Å². The standard InChI is InChI=1S/C18H38O6S4Si2/c1-19-29(20-2,21-3)17(13-9-7-10-14-17)25-27-28-26-18(15-11-8-12-16-18)30(22-4,23-5)24-6/h7-16H2,1-6H3. The molecular formula is C18H38O6S4Si2. The third kappa shape index (κ3) is 5.46. The Morgan fingerprint density at radius 3 is 0.967 bits per heavy atom. The molecule has 0 N–H and O–H groups in total. The minimum atomic E-state index is -2.78. The molecule has 0 spiro atoms. The molecule has 2 rings (SSSR count). The van der Waals surface area contributed by atoms with Crippen molar-refractivity contribution in [2.45, 2.75) is 72.9 Å². The lowest BCUT2D eigenvalue weighted by atomic mass is 9.99. The second kappa shape index (κ2) is 12.9. The van der Waals surface area contributed by atoms with E-state index in [-0.39, 0.29) is 8.74 Å². The Morgan fingerprint density at radius 2 is 0.733 bits per heavy atom. The van der Waals surface area contributed by atoms with E-state index in [0.717, 1.165) is 25.7 Å². The first-order valence-corrected chi connectivity index (χ1v) is 18.8. The highest BCUT2D eigenvalue weighted by atomic mass is 33.7. The fourth-order valence-electron chi connectivity index (χ4n) is 4.90. The van der Waals surface area contributed by atoms with E-state index in [1.807, 2.05) is 41.2 Å². The molecule has 0 aromatic rings. The normalized spacial score (nSPS) is 22.2. The van der Waals surface area contributed by atoms with Gasteiger partial charge in [-0.1, -0.05) is 60.1 Å². The van der Waals surface area contributed by atoms with Gasteiger partial charge in [-0.25, -0.2) is 0 Å². The van der Waals surface area contributed by atoms with E-state index < -0.39 is 17.6 Å². The first-order valence-electron chi connectivity index (χ1n) is 10.5. The van der Waals surface area contributed by atoms with Crippen molar-refractivity contribution in [2.75, 3.05) is 42.7 Å². The van der Waals surface area contributed by atoms with Crippen molar-refractivity contribution in [3.63, 3.8) is 0 Å². The van der Waals surface area contributed by atoms with Crippen LogP contribution in [-0.2, 0) is 26.6 Å². The zero-order chi connectivity index (χ0) is 22.1. The van der Waals surface area contributed by atoms with Gasteiger partial charge in [0.05, 0.1) is 8.74 Å². The molecule has 2 saturated carbocycles. The summed E-state index contributed by atoms with van der Waals surface area (Å²) in [7, 11) is 12.2. The third-order valence-electron chi connectivity index (χ3n) is 6.47. The molecule has 0 heterocycles. The van der Waals surface area contributed by atoms with E-state index in [2.05, 4.69) is 0 Å². The predicted octanol–water partition coefficient (Wildman–Crippen LogP) is 5.90. The molecule has 0 aromatic heterocycles. The van der Waals surface area contributed by atoms with E-state index in [1.165, 1.54) is 38.5 Å². The van der Waals surface area contributed by atoms with Gasteiger partial charge in [0.15, 0.2) is 0 Å². The molecule has 2 aliphatic carbocycles. The number of rotatable bonds is 13. The minimum Gasteiger partial charge on any atom is -0.376 e. The van der Waals surface area contributed by atoms with Crippen LogP contribution in [0.15, 0.2) is 0 Å². The average Bonchev–Trinajstić information content (AvgIpc) is 2.81. The predicted molar refractivity (Wildman–Crippen MR) is 136 cm³/mol. The Hall–Kier alpha value is 1.59. The van der Waals surface area contributed by atoms with Crippen LogP contribution in [0.5, 0.6) is 0 Å². The number of hydrogen-bond acceptors (Lipinski definition) is 10. The summed E-state index contributed by atoms with van der Waals surface area (Å²) in [4.78, 5) is 0. The van der Waals surface area contributed by atoms with E-state index in [4.69, 9.17) is 26.6 Å². The summed E-state index contributed by atoms with van der Waals surface area (Å²) in [6.45, 7) is 0. The van der Waals surface area contributed by atoms with Gasteiger partial charge in [-0.15, -0.1) is 0 Å². The van der Waals surface area contributed by atoms with Crippen molar-refractivity contribution < 1.29 is 26.6 Å². The summed E-state index contributed by atoms with van der Waals surface area (Å²) in [5.74, 6) is 0. The largest absolute Gasteiger partial charge is 0.518 e. The smallest absolute Gasteiger partial charge is 0.376 e. The molecule has 0 atom stereocenters. The van der Waals surface area contributed by atoms with Gasteiger partial charge in [-0.05, 0) is 45.3 Å². The first kappa shape index (κ1) is 27.8. The topological polar surface area (TPSA) is 55.4 Å². The zero-order valence-electron chi connectivity index (χ0n) is 19.2. The molecule has 0 unspecified atom stereocenters. The van der Waals surface area contributed by atoms with E-state index in [0.29, 0.717) is 0 Å². The van der Waals surface area contributed by atoms with E-state index in [1.54, 1.807) is 42.7 Å². The lowest BCUT2D eigenvalue weighted by Crippen LogP contribution is -2.62. The van der Waals surface area contributed by atoms with Crippen LogP contribution >= 0.6 is 41.2 Å². The van der Waals surface area contributed by atoms with Crippen LogP contribution in [0.4, 0.5) is 0 Å². The maximum atomic E-state index is 5.94. The van der Waals surface area contributed by atoms with Gasteiger partial charge in [0.2, 0.25) is 0 Å². The molecule has 6 nitrogen and oxygen atoms in total. The summed E-state index contributed by atoms with van der Waals surface area (Å²) >= 11 is 0. The summed E-state index contributed by atoms with van der Waals surface area (Å²) in [5.41, 5.74) is 0. The minimum absolute atomic E-state index is 0.111. The highest BCUT2D eigenvalue weighted by Gasteiger charge is 2.62. The Kier molecular flexibility index (Phi) is 12.0. The van der Waals surface area contributed by atoms with E-state index >= 15 is 0 Å². The van der Waals surface area contributed by atoms with Crippen molar-refractivity contribution in [2.24, 2.45) is 0 Å². The Labute approximate surface area is 200 Å². The summed E-state index contributed by atoms with van der Waals surface area (Å²) < 4.78 is 35.4. The quantitative estimate of drug-likeness (QED) is 0.162. The molecule has 0 bridgehead atoms. The van der Waals surface area contributed by atoms with E-state index in [9.17, 15) is 0 Å². The monoisotopic (exact) mass is 534 g/mol. The van der Waals surface area contributed by atoms with Crippen LogP contribution in [0.1, 0.15) is 64.2 Å². The van der Waals surface area contributed by atoms with Gasteiger partial charge in [0.1, 0.15) is 0 Å². The van der Waals surface area contributed by atoms with Crippen molar-refractivity contribution in [1.29, 1.82) is 0 Å². The van der Waals surface area contributed by atoms with Crippen LogP contribution < -0.4 is 0 Å². The van der Waals surface area contributed by atoms with Gasteiger partial charge < -0.3 is 26.6 Å². The van der Waals surface area contributed by atoms with Gasteiger partial charge in [-0.2, -0.15) is 0 Å². The van der Waals surface area contributed by atoms with Gasteiger partial charge in [-0.3, -0.25) is 0 Å². The molecule has 0 aromatic carbocycles. The van der Waals surface area contributed by atoms with Crippen molar-refractivity contribution >= 4 is 58.8 Å². The molecular weight excluding hydrogens is 497 g/mol. The molecule has 12 heteroatoms. The molecule has 0 radical (unpaired) electrons. The van der Waals surface area contributed by atoms with Gasteiger partial charge in [0, 0.05) is 42.7 Å². The second-order valence-corrected chi connectivity index (χ2v) is 21.5. The fraction of sp³-hybridized carbons (Fsp3) is 1.00. The van der Waals surface area contributed by atoms with Crippen LogP contribution in [0.2, 0.25) is 0 Å². The second-order valence-electron chi connectivity index (χ2n) is 7.75. The Morgan fingerprint density at radius 1 is 0.467 bits per heavy atom. The lowest BCUT2D eigenvalue weighted by molar-refractivity contribution is 0.0995. The maximum absolute atomic E-state index is 5.94. The highest BCUT2D eigenvalue weighted by Crippen LogP contribution is 2.61. The average molecular weight is 535 g/mol. The molecule has 2 aliphatic rings. The Balaban J connectivity index is 2.11. The Bertz CT molecular complexity index is 439. The van der Waals surface area contributed by atoms with Crippen LogP contribution in [0.3, 0.4) is 0 Å². The van der Waals surface area contributed by atoms with Crippen molar-refractivity contribution in [3.8, 4) is 0 Å². The third-order valence-corrected chi connectivity index (χ3v) is 23.3. The zero-order valence-corrected chi connectivity index (χ0v) is 24.4. The molecule has 0 saturated heterocycles. The van der Waals surface area contributed by atoms with Crippen LogP contribution in [-0.4, -0.2) is 69.0 Å². The van der Waals surface area contributed by atoms with Crippen molar-refractivity contribution in [1.82, 2.24) is 0 Å². The SMILES string of the molecule is CO[Si](OC)(OC)C1(SSSSC2([Si](OC)(OC)OC)CCCCC2)CCCCC1. The van der Waals surface area contributed by atoms with Gasteiger partial charge >= 0.3 is 17.6 Å². The fourth-order valence-corrected chi connectivity index (χ4v) is 23.6. The lowest BCUT2D eigenvalue weighted by Gasteiger charge is -2.45. The molecule has 0 amide bonds. The molecule has 2 fully saturated rings. The number of hydrogen-bond donors (Lipinski definition) is 0. The summed E-state index contributed by atoms with van der Waals surface area (Å²) in [6.07, 6.45) is 11.5. The molecule has 30 heavy (non-hydrogen) atoms. The van der Waals surface area contributed by atoms with Crippen LogP contribution in [0.25, 0.3) is 0 Å². The first-order chi connectivity index (χ1) is 14.5.